The molecule has 0 aromatic rings. The summed E-state index contributed by atoms with van der Waals surface area (Å²) in [6.07, 6.45) is 0. The van der Waals surface area contributed by atoms with Crippen LogP contribution in [-0.2, 0) is 19.2 Å². The van der Waals surface area contributed by atoms with Gasteiger partial charge in [-0.2, -0.15) is 0 Å². The molecule has 10 heteroatoms. The maximum absolute atomic E-state index is 10.8. The van der Waals surface area contributed by atoms with E-state index in [1.165, 1.54) is 0 Å². The van der Waals surface area contributed by atoms with Crippen molar-refractivity contribution >= 4 is 23.8 Å². The number of carboxylic acid groups (broad SMARTS) is 2. The van der Waals surface area contributed by atoms with Crippen LogP contribution in [-0.4, -0.2) is 96.1 Å². The maximum Gasteiger partial charge on any atom is 0.414 e. The van der Waals surface area contributed by atoms with Crippen LogP contribution in [0.15, 0.2) is 0 Å². The number of hydrogen-bond acceptors (Lipinski definition) is 6. The van der Waals surface area contributed by atoms with Gasteiger partial charge in [0.25, 0.3) is 0 Å². The van der Waals surface area contributed by atoms with E-state index in [9.17, 15) is 9.59 Å². The predicted molar refractivity (Wildman–Crippen MR) is 90.4 cm³/mol. The summed E-state index contributed by atoms with van der Waals surface area (Å²) in [6.45, 7) is 11.6. The van der Waals surface area contributed by atoms with E-state index < -0.39 is 11.9 Å². The highest BCUT2D eigenvalue weighted by Crippen LogP contribution is 2.34. The van der Waals surface area contributed by atoms with E-state index in [-0.39, 0.29) is 11.8 Å². The maximum atomic E-state index is 10.8. The number of carbonyl (C=O) groups is 4. The summed E-state index contributed by atoms with van der Waals surface area (Å²) in [6, 6.07) is 0. The summed E-state index contributed by atoms with van der Waals surface area (Å²) >= 11 is 0. The molecule has 2 amide bonds. The largest absolute Gasteiger partial charge is 0.473 e. The number of aliphatic carboxylic acids is 2. The highest BCUT2D eigenvalue weighted by molar-refractivity contribution is 6.27. The van der Waals surface area contributed by atoms with Gasteiger partial charge in [0.05, 0.1) is 0 Å². The van der Waals surface area contributed by atoms with Gasteiger partial charge in [-0.15, -0.1) is 0 Å². The van der Waals surface area contributed by atoms with Crippen LogP contribution < -0.4 is 10.6 Å². The Morgan fingerprint density at radius 1 is 0.692 bits per heavy atom. The molecule has 0 unspecified atom stereocenters. The third-order valence-electron chi connectivity index (χ3n) is 5.18. The minimum atomic E-state index is -1.82. The molecule has 4 fully saturated rings. The summed E-state index contributed by atoms with van der Waals surface area (Å²) < 4.78 is 0. The van der Waals surface area contributed by atoms with Gasteiger partial charge in [0.2, 0.25) is 11.8 Å². The molecule has 10 nitrogen and oxygen atoms in total. The molecule has 0 bridgehead atoms. The zero-order chi connectivity index (χ0) is 19.5. The summed E-state index contributed by atoms with van der Waals surface area (Å²) in [5.74, 6) is -3.21. The third kappa shape index (κ3) is 4.50. The first-order chi connectivity index (χ1) is 12.1. The van der Waals surface area contributed by atoms with E-state index in [4.69, 9.17) is 19.8 Å². The molecule has 4 aliphatic rings. The van der Waals surface area contributed by atoms with Crippen molar-refractivity contribution in [3.63, 3.8) is 0 Å². The van der Waals surface area contributed by atoms with Gasteiger partial charge in [0, 0.05) is 77.0 Å². The Hall–Kier alpha value is -2.20. The highest BCUT2D eigenvalue weighted by Gasteiger charge is 2.49. The molecule has 146 valence electrons. The normalized spacial score (nSPS) is 22.8. The summed E-state index contributed by atoms with van der Waals surface area (Å²) in [7, 11) is 0. The van der Waals surface area contributed by atoms with Gasteiger partial charge in [0.1, 0.15) is 0 Å². The minimum Gasteiger partial charge on any atom is -0.473 e. The highest BCUT2D eigenvalue weighted by atomic mass is 16.4. The molecule has 0 aromatic carbocycles. The average Bonchev–Trinajstić information content (AvgIpc) is 2.32. The van der Waals surface area contributed by atoms with Gasteiger partial charge in [-0.05, 0) is 0 Å². The van der Waals surface area contributed by atoms with Gasteiger partial charge in [-0.1, -0.05) is 0 Å². The lowest BCUT2D eigenvalue weighted by Crippen LogP contribution is -2.71. The number of likely N-dealkylation sites (tertiary alicyclic amines) is 2. The molecule has 0 aliphatic carbocycles. The fourth-order valence-corrected chi connectivity index (χ4v) is 3.38. The van der Waals surface area contributed by atoms with Gasteiger partial charge in [-0.3, -0.25) is 9.59 Å². The first kappa shape index (κ1) is 20.1. The Labute approximate surface area is 151 Å². The van der Waals surface area contributed by atoms with E-state index in [1.807, 2.05) is 9.80 Å². The molecular weight excluding hydrogens is 344 g/mol. The molecule has 2 spiro atoms. The van der Waals surface area contributed by atoms with Gasteiger partial charge in [0.15, 0.2) is 0 Å². The Bertz CT molecular complexity index is 532. The number of amides is 2. The molecule has 4 N–H and O–H groups in total. The van der Waals surface area contributed by atoms with Gasteiger partial charge >= 0.3 is 11.9 Å². The topological polar surface area (TPSA) is 139 Å². The number of nitrogens with zero attached hydrogens (tertiary/aromatic N) is 2. The lowest BCUT2D eigenvalue weighted by molar-refractivity contribution is -0.159. The Morgan fingerprint density at radius 2 is 0.962 bits per heavy atom. The Kier molecular flexibility index (Phi) is 5.87. The van der Waals surface area contributed by atoms with Crippen molar-refractivity contribution in [1.29, 1.82) is 0 Å². The number of hydrogen-bond donors (Lipinski definition) is 4. The fraction of sp³-hybridized carbons (Fsp3) is 0.750. The Morgan fingerprint density at radius 3 is 1.08 bits per heavy atom. The molecule has 4 aliphatic heterocycles. The van der Waals surface area contributed by atoms with Crippen molar-refractivity contribution < 1.29 is 29.4 Å². The van der Waals surface area contributed by atoms with Crippen molar-refractivity contribution in [2.75, 3.05) is 52.4 Å². The molecule has 0 aromatic heterocycles. The van der Waals surface area contributed by atoms with Crippen molar-refractivity contribution in [3.05, 3.63) is 0 Å². The van der Waals surface area contributed by atoms with Crippen LogP contribution in [0.5, 0.6) is 0 Å². The summed E-state index contributed by atoms with van der Waals surface area (Å²) in [5, 5.41) is 21.2. The molecule has 0 atom stereocenters. The zero-order valence-electron chi connectivity index (χ0n) is 15.1. The van der Waals surface area contributed by atoms with Crippen LogP contribution in [0.1, 0.15) is 13.8 Å². The van der Waals surface area contributed by atoms with Gasteiger partial charge < -0.3 is 30.6 Å². The fourth-order valence-electron chi connectivity index (χ4n) is 3.38. The van der Waals surface area contributed by atoms with Crippen molar-refractivity contribution in [2.45, 2.75) is 13.8 Å². The molecule has 4 saturated heterocycles. The molecule has 0 saturated carbocycles. The first-order valence-corrected chi connectivity index (χ1v) is 8.47. The van der Waals surface area contributed by atoms with Crippen LogP contribution in [0, 0.1) is 10.8 Å². The third-order valence-corrected chi connectivity index (χ3v) is 5.18. The van der Waals surface area contributed by atoms with Crippen LogP contribution in [0.2, 0.25) is 0 Å². The van der Waals surface area contributed by atoms with Crippen LogP contribution in [0.25, 0.3) is 0 Å². The minimum absolute atomic E-state index is 0.220. The first-order valence-electron chi connectivity index (χ1n) is 8.47. The van der Waals surface area contributed by atoms with Crippen LogP contribution in [0.3, 0.4) is 0 Å². The number of carboxylic acids is 2. The lowest BCUT2D eigenvalue weighted by atomic mass is 9.74. The van der Waals surface area contributed by atoms with E-state index in [1.54, 1.807) is 13.8 Å². The second-order valence-corrected chi connectivity index (χ2v) is 7.57. The standard InChI is InChI=1S/2C7H12N2O.C2H2O4/c2*1-6(10)9-4-7(5-9)2-8-3-7;3-1(4)2(5)6/h2*8H,2-5H2,1H3;(H,3,4)(H,5,6). The van der Waals surface area contributed by atoms with E-state index in [0.29, 0.717) is 10.8 Å². The van der Waals surface area contributed by atoms with E-state index >= 15 is 0 Å². The summed E-state index contributed by atoms with van der Waals surface area (Å²) in [4.78, 5) is 43.5. The quantitative estimate of drug-likeness (QED) is 0.360. The smallest absolute Gasteiger partial charge is 0.414 e. The predicted octanol–water partition coefficient (Wildman–Crippen LogP) is -1.97. The van der Waals surface area contributed by atoms with Crippen molar-refractivity contribution in [2.24, 2.45) is 10.8 Å². The Balaban J connectivity index is 0.000000146. The monoisotopic (exact) mass is 370 g/mol. The molecule has 0 radical (unpaired) electrons. The summed E-state index contributed by atoms with van der Waals surface area (Å²) in [5.41, 5.74) is 0.983. The van der Waals surface area contributed by atoms with Crippen molar-refractivity contribution in [3.8, 4) is 0 Å². The number of carbonyl (C=O) groups excluding carboxylic acids is 2. The van der Waals surface area contributed by atoms with Crippen LogP contribution in [0.4, 0.5) is 0 Å². The molecule has 4 rings (SSSR count). The number of nitrogens with one attached hydrogen (secondary N) is 2. The van der Waals surface area contributed by atoms with Crippen molar-refractivity contribution in [1.82, 2.24) is 20.4 Å². The SMILES string of the molecule is CC(=O)N1CC2(CNC2)C1.CC(=O)N1CC2(CNC2)C1.O=C(O)C(=O)O. The van der Waals surface area contributed by atoms with E-state index in [2.05, 4.69) is 10.6 Å². The number of rotatable bonds is 0. The molecule has 4 heterocycles. The molecular formula is C16H26N4O6. The molecule has 26 heavy (non-hydrogen) atoms. The van der Waals surface area contributed by atoms with Gasteiger partial charge in [-0.25, -0.2) is 9.59 Å². The van der Waals surface area contributed by atoms with Crippen LogP contribution >= 0.6 is 0 Å². The van der Waals surface area contributed by atoms with E-state index in [0.717, 1.165) is 52.4 Å². The second kappa shape index (κ2) is 7.58. The average molecular weight is 370 g/mol. The second-order valence-electron chi connectivity index (χ2n) is 7.57. The lowest BCUT2D eigenvalue weighted by Gasteiger charge is -2.55. The zero-order valence-corrected chi connectivity index (χ0v) is 15.1.